The molecule has 0 saturated heterocycles. The average molecular weight is 147 g/mol. The molecule has 0 radical (unpaired) electrons. The molecule has 0 spiro atoms. The highest BCUT2D eigenvalue weighted by molar-refractivity contribution is 6.25. The summed E-state index contributed by atoms with van der Waals surface area (Å²) in [6, 6.07) is 0. The first-order valence-electron chi connectivity index (χ1n) is 3.43. The smallest absolute Gasteiger partial charge is 0.000256 e. The van der Waals surface area contributed by atoms with Crippen LogP contribution < -0.4 is 0 Å². The second-order valence-corrected chi connectivity index (χ2v) is 3.07. The average Bonchev–Trinajstić information content (AvgIpc) is 1.82. The summed E-state index contributed by atoms with van der Waals surface area (Å²) >= 11 is 5.37. The fraction of sp³-hybridized carbons (Fsp3) is 0.750. The molecular formula is C8H15Cl. The Bertz CT molecular complexity index is 84.6. The third kappa shape index (κ3) is 4.53. The van der Waals surface area contributed by atoms with Crippen molar-refractivity contribution in [1.82, 2.24) is 0 Å². The van der Waals surface area contributed by atoms with Gasteiger partial charge in [0.1, 0.15) is 0 Å². The molecule has 54 valence electrons. The molecule has 1 unspecified atom stereocenters. The lowest BCUT2D eigenvalue weighted by Gasteiger charge is -2.11. The molecular weight excluding hydrogens is 132 g/mol. The van der Waals surface area contributed by atoms with Crippen LogP contribution in [0.25, 0.3) is 0 Å². The number of allylic oxidation sites excluding steroid dienone is 1. The molecule has 0 nitrogen and oxygen atoms in total. The minimum Gasteiger partial charge on any atom is -0.0933 e. The Labute approximate surface area is 62.9 Å². The molecule has 0 bridgehead atoms. The Hall–Kier alpha value is 0.0300. The lowest BCUT2D eigenvalue weighted by atomic mass is 9.95. The highest BCUT2D eigenvalue weighted by Gasteiger charge is 2.02. The Morgan fingerprint density at radius 1 is 1.33 bits per heavy atom. The van der Waals surface area contributed by atoms with Crippen LogP contribution in [0.2, 0.25) is 0 Å². The lowest BCUT2D eigenvalue weighted by molar-refractivity contribution is 0.424. The van der Waals surface area contributed by atoms with Gasteiger partial charge in [0.25, 0.3) is 0 Å². The van der Waals surface area contributed by atoms with Gasteiger partial charge in [-0.2, -0.15) is 0 Å². The van der Waals surface area contributed by atoms with Crippen molar-refractivity contribution in [3.63, 3.8) is 0 Å². The van der Waals surface area contributed by atoms with E-state index in [0.29, 0.717) is 0 Å². The summed E-state index contributed by atoms with van der Waals surface area (Å²) in [5.41, 5.74) is 1.60. The Morgan fingerprint density at radius 3 is 2.22 bits per heavy atom. The van der Waals surface area contributed by atoms with Crippen LogP contribution in [0.1, 0.15) is 27.2 Å². The summed E-state index contributed by atoms with van der Waals surface area (Å²) in [6.07, 6.45) is 3.10. The summed E-state index contributed by atoms with van der Waals surface area (Å²) in [7, 11) is 0. The summed E-state index contributed by atoms with van der Waals surface area (Å²) in [5, 5.41) is 0. The fourth-order valence-corrected chi connectivity index (χ4v) is 0.641. The largest absolute Gasteiger partial charge is 0.0933 e. The van der Waals surface area contributed by atoms with Gasteiger partial charge in [0.2, 0.25) is 0 Å². The molecule has 1 heteroatoms. The van der Waals surface area contributed by atoms with Crippen molar-refractivity contribution in [3.05, 3.63) is 11.6 Å². The van der Waals surface area contributed by atoms with E-state index in [0.717, 1.165) is 18.3 Å². The van der Waals surface area contributed by atoms with E-state index in [1.54, 1.807) is 5.54 Å². The second-order valence-electron chi connectivity index (χ2n) is 2.82. The van der Waals surface area contributed by atoms with Crippen molar-refractivity contribution in [2.45, 2.75) is 27.2 Å². The first-order valence-corrected chi connectivity index (χ1v) is 3.87. The molecule has 0 N–H and O–H groups in total. The van der Waals surface area contributed by atoms with Crippen molar-refractivity contribution in [3.8, 4) is 0 Å². The Balaban J connectivity index is 3.38. The first kappa shape index (κ1) is 9.03. The van der Waals surface area contributed by atoms with Gasteiger partial charge in [0.05, 0.1) is 0 Å². The van der Waals surface area contributed by atoms with Gasteiger partial charge in [-0.15, -0.1) is 0 Å². The predicted molar refractivity (Wildman–Crippen MR) is 43.6 cm³/mol. The van der Waals surface area contributed by atoms with Gasteiger partial charge in [-0.3, -0.25) is 0 Å². The monoisotopic (exact) mass is 146 g/mol. The number of hydrogen-bond donors (Lipinski definition) is 0. The topological polar surface area (TPSA) is 0 Å². The molecule has 0 saturated carbocycles. The van der Waals surface area contributed by atoms with E-state index in [-0.39, 0.29) is 0 Å². The van der Waals surface area contributed by atoms with Crippen LogP contribution in [0.4, 0.5) is 0 Å². The van der Waals surface area contributed by atoms with Crippen molar-refractivity contribution in [2.24, 2.45) is 11.8 Å². The van der Waals surface area contributed by atoms with Crippen LogP contribution in [-0.4, -0.2) is 0 Å². The zero-order valence-electron chi connectivity index (χ0n) is 6.39. The van der Waals surface area contributed by atoms with Gasteiger partial charge in [-0.1, -0.05) is 38.4 Å². The second kappa shape index (κ2) is 4.87. The van der Waals surface area contributed by atoms with E-state index < -0.39 is 0 Å². The molecule has 0 rings (SSSR count). The van der Waals surface area contributed by atoms with Gasteiger partial charge in [0, 0.05) is 5.54 Å². The normalized spacial score (nSPS) is 15.2. The van der Waals surface area contributed by atoms with Crippen molar-refractivity contribution in [1.29, 1.82) is 0 Å². The fourth-order valence-electron chi connectivity index (χ4n) is 0.538. The minimum atomic E-state index is 0.750. The van der Waals surface area contributed by atoms with Crippen molar-refractivity contribution >= 4 is 11.6 Å². The molecule has 0 aromatic rings. The molecule has 0 amide bonds. The summed E-state index contributed by atoms with van der Waals surface area (Å²) < 4.78 is 0. The number of halogens is 1. The molecule has 0 aromatic heterocycles. The van der Waals surface area contributed by atoms with Gasteiger partial charge in [-0.05, 0) is 18.3 Å². The van der Waals surface area contributed by atoms with Gasteiger partial charge < -0.3 is 0 Å². The maximum atomic E-state index is 5.37. The van der Waals surface area contributed by atoms with E-state index in [1.165, 1.54) is 0 Å². The van der Waals surface area contributed by atoms with Crippen molar-refractivity contribution in [2.75, 3.05) is 0 Å². The van der Waals surface area contributed by atoms with E-state index in [2.05, 4.69) is 20.8 Å². The summed E-state index contributed by atoms with van der Waals surface area (Å²) in [5.74, 6) is 1.51. The van der Waals surface area contributed by atoms with E-state index in [4.69, 9.17) is 11.6 Å². The molecule has 0 aliphatic carbocycles. The zero-order valence-corrected chi connectivity index (χ0v) is 7.15. The number of rotatable bonds is 3. The van der Waals surface area contributed by atoms with Crippen LogP contribution in [0.15, 0.2) is 11.6 Å². The molecule has 0 fully saturated rings. The highest BCUT2D eigenvalue weighted by atomic mass is 35.5. The van der Waals surface area contributed by atoms with Crippen LogP contribution in [0, 0.1) is 11.8 Å². The highest BCUT2D eigenvalue weighted by Crippen LogP contribution is 2.13. The summed E-state index contributed by atoms with van der Waals surface area (Å²) in [4.78, 5) is 0. The van der Waals surface area contributed by atoms with Crippen LogP contribution in [0.3, 0.4) is 0 Å². The Kier molecular flexibility index (Phi) is 4.88. The minimum absolute atomic E-state index is 0.750. The SMILES string of the molecule is CC(C)C(C)C/C=C/Cl. The maximum absolute atomic E-state index is 5.37. The van der Waals surface area contributed by atoms with E-state index in [9.17, 15) is 0 Å². The van der Waals surface area contributed by atoms with Gasteiger partial charge in [0.15, 0.2) is 0 Å². The Morgan fingerprint density at radius 2 is 1.89 bits per heavy atom. The van der Waals surface area contributed by atoms with Crippen LogP contribution in [-0.2, 0) is 0 Å². The molecule has 0 aliphatic heterocycles. The lowest BCUT2D eigenvalue weighted by Crippen LogP contribution is -2.01. The molecule has 0 aromatic carbocycles. The molecule has 9 heavy (non-hydrogen) atoms. The number of hydrogen-bond acceptors (Lipinski definition) is 0. The molecule has 1 atom stereocenters. The van der Waals surface area contributed by atoms with E-state index >= 15 is 0 Å². The third-order valence-corrected chi connectivity index (χ3v) is 1.91. The predicted octanol–water partition coefficient (Wildman–Crippen LogP) is 3.42. The first-order chi connectivity index (χ1) is 4.18. The van der Waals surface area contributed by atoms with Crippen LogP contribution >= 0.6 is 11.6 Å². The third-order valence-electron chi connectivity index (χ3n) is 1.74. The summed E-state index contributed by atoms with van der Waals surface area (Å²) in [6.45, 7) is 6.70. The van der Waals surface area contributed by atoms with Crippen LogP contribution in [0.5, 0.6) is 0 Å². The maximum Gasteiger partial charge on any atom is 0.000256 e. The van der Waals surface area contributed by atoms with Gasteiger partial charge >= 0.3 is 0 Å². The standard InChI is InChI=1S/C8H15Cl/c1-7(2)8(3)5-4-6-9/h4,6-8H,5H2,1-3H3/b6-4+. The quantitative estimate of drug-likeness (QED) is 0.573. The molecule has 0 heterocycles. The molecule has 0 aliphatic rings. The zero-order chi connectivity index (χ0) is 7.28. The van der Waals surface area contributed by atoms with Gasteiger partial charge in [-0.25, -0.2) is 0 Å². The van der Waals surface area contributed by atoms with Crippen molar-refractivity contribution < 1.29 is 0 Å². The van der Waals surface area contributed by atoms with E-state index in [1.807, 2.05) is 6.08 Å².